The van der Waals surface area contributed by atoms with Gasteiger partial charge in [0.15, 0.2) is 0 Å². The van der Waals surface area contributed by atoms with Crippen LogP contribution in [0.4, 0.5) is 0 Å². The van der Waals surface area contributed by atoms with Gasteiger partial charge in [0.2, 0.25) is 0 Å². The lowest BCUT2D eigenvalue weighted by Crippen LogP contribution is -2.27. The molecule has 0 radical (unpaired) electrons. The second-order valence-electron chi connectivity index (χ2n) is 4.86. The summed E-state index contributed by atoms with van der Waals surface area (Å²) in [6.07, 6.45) is 1.61. The molecular formula is C11H20O3. The molecule has 1 aliphatic heterocycles. The average Bonchev–Trinajstić information content (AvgIpc) is 2.84. The van der Waals surface area contributed by atoms with Gasteiger partial charge in [0.25, 0.3) is 0 Å². The molecule has 14 heavy (non-hydrogen) atoms. The minimum absolute atomic E-state index is 0.0172. The van der Waals surface area contributed by atoms with Crippen molar-refractivity contribution in [2.45, 2.75) is 46.1 Å². The van der Waals surface area contributed by atoms with Crippen LogP contribution in [0.2, 0.25) is 0 Å². The van der Waals surface area contributed by atoms with Gasteiger partial charge in [-0.2, -0.15) is 0 Å². The first-order chi connectivity index (χ1) is 6.40. The van der Waals surface area contributed by atoms with Crippen LogP contribution in [0.5, 0.6) is 0 Å². The van der Waals surface area contributed by atoms with Crippen molar-refractivity contribution in [1.29, 1.82) is 0 Å². The van der Waals surface area contributed by atoms with Crippen molar-refractivity contribution in [3.8, 4) is 0 Å². The van der Waals surface area contributed by atoms with E-state index in [2.05, 4.69) is 0 Å². The second-order valence-corrected chi connectivity index (χ2v) is 4.86. The highest BCUT2D eigenvalue weighted by Crippen LogP contribution is 2.30. The largest absolute Gasteiger partial charge is 0.465 e. The van der Waals surface area contributed by atoms with Crippen molar-refractivity contribution >= 4 is 5.97 Å². The molecule has 0 aromatic heterocycles. The Balaban J connectivity index is 2.21. The summed E-state index contributed by atoms with van der Waals surface area (Å²) < 4.78 is 10.4. The Bertz CT molecular complexity index is 217. The van der Waals surface area contributed by atoms with E-state index in [-0.39, 0.29) is 17.0 Å². The first-order valence-corrected chi connectivity index (χ1v) is 5.21. The van der Waals surface area contributed by atoms with E-state index in [1.54, 1.807) is 0 Å². The average molecular weight is 200 g/mol. The molecule has 1 heterocycles. The SMILES string of the molecule is CCC(C)(C)C(=O)OCCC1(C)CO1. The number of ether oxygens (including phenoxy) is 2. The first-order valence-electron chi connectivity index (χ1n) is 5.21. The zero-order chi connectivity index (χ0) is 10.8. The Hall–Kier alpha value is -0.570. The minimum atomic E-state index is -0.356. The Morgan fingerprint density at radius 2 is 2.14 bits per heavy atom. The number of carbonyl (C=O) groups is 1. The molecule has 0 bridgehead atoms. The Morgan fingerprint density at radius 3 is 2.57 bits per heavy atom. The predicted molar refractivity (Wildman–Crippen MR) is 54.0 cm³/mol. The third kappa shape index (κ3) is 2.98. The highest BCUT2D eigenvalue weighted by atomic mass is 16.6. The lowest BCUT2D eigenvalue weighted by molar-refractivity contribution is -0.154. The van der Waals surface area contributed by atoms with E-state index in [9.17, 15) is 4.79 Å². The highest BCUT2D eigenvalue weighted by Gasteiger charge is 2.39. The van der Waals surface area contributed by atoms with Crippen LogP contribution in [0.1, 0.15) is 40.5 Å². The maximum atomic E-state index is 11.5. The van der Waals surface area contributed by atoms with Gasteiger partial charge < -0.3 is 9.47 Å². The molecule has 0 aromatic carbocycles. The number of rotatable bonds is 5. The molecule has 3 nitrogen and oxygen atoms in total. The van der Waals surface area contributed by atoms with Crippen molar-refractivity contribution in [3.63, 3.8) is 0 Å². The van der Waals surface area contributed by atoms with Crippen molar-refractivity contribution in [1.82, 2.24) is 0 Å². The normalized spacial score (nSPS) is 26.0. The van der Waals surface area contributed by atoms with Crippen LogP contribution < -0.4 is 0 Å². The Kier molecular flexibility index (Phi) is 3.20. The topological polar surface area (TPSA) is 38.8 Å². The van der Waals surface area contributed by atoms with E-state index in [1.165, 1.54) is 0 Å². The van der Waals surface area contributed by atoms with E-state index < -0.39 is 0 Å². The smallest absolute Gasteiger partial charge is 0.311 e. The van der Waals surface area contributed by atoms with Crippen LogP contribution >= 0.6 is 0 Å². The molecule has 1 unspecified atom stereocenters. The molecule has 3 heteroatoms. The lowest BCUT2D eigenvalue weighted by atomic mass is 9.91. The fourth-order valence-electron chi connectivity index (χ4n) is 0.967. The van der Waals surface area contributed by atoms with Crippen molar-refractivity contribution in [2.75, 3.05) is 13.2 Å². The summed E-state index contributed by atoms with van der Waals surface area (Å²) in [6, 6.07) is 0. The van der Waals surface area contributed by atoms with E-state index in [0.717, 1.165) is 19.4 Å². The molecule has 0 aromatic rings. The standard InChI is InChI=1S/C11H20O3/c1-5-10(2,3)9(12)13-7-6-11(4)8-14-11/h5-8H2,1-4H3. The van der Waals surface area contributed by atoms with Crippen LogP contribution in [0.25, 0.3) is 0 Å². The molecule has 0 spiro atoms. The van der Waals surface area contributed by atoms with E-state index in [1.807, 2.05) is 27.7 Å². The summed E-state index contributed by atoms with van der Waals surface area (Å²) >= 11 is 0. The zero-order valence-corrected chi connectivity index (χ0v) is 9.55. The van der Waals surface area contributed by atoms with Crippen LogP contribution in [-0.2, 0) is 14.3 Å². The summed E-state index contributed by atoms with van der Waals surface area (Å²) in [7, 11) is 0. The van der Waals surface area contributed by atoms with Gasteiger partial charge >= 0.3 is 5.97 Å². The number of esters is 1. The van der Waals surface area contributed by atoms with Crippen molar-refractivity contribution in [3.05, 3.63) is 0 Å². The maximum Gasteiger partial charge on any atom is 0.311 e. The number of hydrogen-bond acceptors (Lipinski definition) is 3. The first kappa shape index (κ1) is 11.5. The molecule has 1 rings (SSSR count). The Labute approximate surface area is 85.8 Å². The predicted octanol–water partition coefficient (Wildman–Crippen LogP) is 2.14. The summed E-state index contributed by atoms with van der Waals surface area (Å²) in [4.78, 5) is 11.5. The molecule has 1 atom stereocenters. The fourth-order valence-corrected chi connectivity index (χ4v) is 0.967. The van der Waals surface area contributed by atoms with Crippen LogP contribution in [-0.4, -0.2) is 24.8 Å². The van der Waals surface area contributed by atoms with E-state index in [4.69, 9.17) is 9.47 Å². The summed E-state index contributed by atoms with van der Waals surface area (Å²) in [6.45, 7) is 9.11. The molecule has 1 saturated heterocycles. The molecule has 82 valence electrons. The maximum absolute atomic E-state index is 11.5. The third-order valence-corrected chi connectivity index (χ3v) is 2.94. The van der Waals surface area contributed by atoms with Gasteiger partial charge in [-0.25, -0.2) is 0 Å². The number of epoxide rings is 1. The van der Waals surface area contributed by atoms with Gasteiger partial charge in [0.1, 0.15) is 0 Å². The summed E-state index contributed by atoms with van der Waals surface area (Å²) in [5.74, 6) is -0.107. The van der Waals surface area contributed by atoms with Gasteiger partial charge in [-0.15, -0.1) is 0 Å². The minimum Gasteiger partial charge on any atom is -0.465 e. The number of carbonyl (C=O) groups excluding carboxylic acids is 1. The van der Waals surface area contributed by atoms with Crippen molar-refractivity contribution in [2.24, 2.45) is 5.41 Å². The zero-order valence-electron chi connectivity index (χ0n) is 9.55. The van der Waals surface area contributed by atoms with Crippen LogP contribution in [0, 0.1) is 5.41 Å². The summed E-state index contributed by atoms with van der Waals surface area (Å²) in [5, 5.41) is 0. The lowest BCUT2D eigenvalue weighted by Gasteiger charge is -2.20. The third-order valence-electron chi connectivity index (χ3n) is 2.94. The molecule has 0 aliphatic carbocycles. The molecule has 0 saturated carbocycles. The van der Waals surface area contributed by atoms with Gasteiger partial charge in [0.05, 0.1) is 24.2 Å². The highest BCUT2D eigenvalue weighted by molar-refractivity contribution is 5.75. The monoisotopic (exact) mass is 200 g/mol. The number of hydrogen-bond donors (Lipinski definition) is 0. The molecular weight excluding hydrogens is 180 g/mol. The summed E-state index contributed by atoms with van der Waals surface area (Å²) in [5.41, 5.74) is -0.373. The van der Waals surface area contributed by atoms with Crippen LogP contribution in [0.15, 0.2) is 0 Å². The van der Waals surface area contributed by atoms with Gasteiger partial charge in [-0.05, 0) is 27.2 Å². The quantitative estimate of drug-likeness (QED) is 0.504. The van der Waals surface area contributed by atoms with E-state index >= 15 is 0 Å². The van der Waals surface area contributed by atoms with Crippen LogP contribution in [0.3, 0.4) is 0 Å². The van der Waals surface area contributed by atoms with E-state index in [0.29, 0.717) is 6.61 Å². The molecule has 1 fully saturated rings. The second kappa shape index (κ2) is 3.89. The molecule has 0 N–H and O–H groups in total. The molecule has 1 aliphatic rings. The van der Waals surface area contributed by atoms with Crippen molar-refractivity contribution < 1.29 is 14.3 Å². The fraction of sp³-hybridized carbons (Fsp3) is 0.909. The van der Waals surface area contributed by atoms with Gasteiger partial charge in [-0.1, -0.05) is 6.92 Å². The Morgan fingerprint density at radius 1 is 1.57 bits per heavy atom. The molecule has 0 amide bonds. The van der Waals surface area contributed by atoms with Gasteiger partial charge in [-0.3, -0.25) is 4.79 Å². The van der Waals surface area contributed by atoms with Gasteiger partial charge in [0, 0.05) is 6.42 Å².